The van der Waals surface area contributed by atoms with E-state index in [9.17, 15) is 0 Å². The van der Waals surface area contributed by atoms with Crippen molar-refractivity contribution >= 4 is 11.8 Å². The van der Waals surface area contributed by atoms with Gasteiger partial charge in [0.25, 0.3) is 0 Å². The van der Waals surface area contributed by atoms with Gasteiger partial charge in [-0.05, 0) is 36.7 Å². The van der Waals surface area contributed by atoms with E-state index in [1.807, 2.05) is 11.8 Å². The Hall–Kier alpha value is 0.310. The maximum absolute atomic E-state index is 8.81. The molecule has 2 heteroatoms. The van der Waals surface area contributed by atoms with Crippen LogP contribution >= 0.6 is 11.8 Å². The van der Waals surface area contributed by atoms with E-state index in [0.717, 1.165) is 0 Å². The molecule has 1 aliphatic heterocycles. The lowest BCUT2D eigenvalue weighted by Crippen LogP contribution is -2.04. The molecule has 54 valence electrons. The highest BCUT2D eigenvalue weighted by molar-refractivity contribution is 7.99. The standard InChI is InChI=1S/C7H14OS/c8-6-7-2-1-4-9-5-3-7/h7-8H,1-6H2. The van der Waals surface area contributed by atoms with Gasteiger partial charge >= 0.3 is 0 Å². The molecule has 1 nitrogen and oxygen atoms in total. The van der Waals surface area contributed by atoms with Gasteiger partial charge in [0.05, 0.1) is 0 Å². The van der Waals surface area contributed by atoms with Crippen molar-refractivity contribution in [3.8, 4) is 0 Å². The van der Waals surface area contributed by atoms with Crippen molar-refractivity contribution in [2.45, 2.75) is 19.3 Å². The van der Waals surface area contributed by atoms with Gasteiger partial charge in [-0.3, -0.25) is 0 Å². The van der Waals surface area contributed by atoms with Gasteiger partial charge in [-0.2, -0.15) is 11.8 Å². The summed E-state index contributed by atoms with van der Waals surface area (Å²) in [6.07, 6.45) is 3.76. The van der Waals surface area contributed by atoms with Crippen LogP contribution in [0.4, 0.5) is 0 Å². The molecule has 1 fully saturated rings. The molecule has 0 radical (unpaired) electrons. The third-order valence-electron chi connectivity index (χ3n) is 1.83. The fourth-order valence-corrected chi connectivity index (χ4v) is 2.23. The van der Waals surface area contributed by atoms with Crippen molar-refractivity contribution < 1.29 is 5.11 Å². The van der Waals surface area contributed by atoms with Gasteiger partial charge in [0.2, 0.25) is 0 Å². The molecule has 0 aliphatic carbocycles. The average Bonchev–Trinajstić information content (AvgIpc) is 2.13. The normalized spacial score (nSPS) is 29.7. The molecule has 0 aromatic carbocycles. The van der Waals surface area contributed by atoms with Crippen LogP contribution < -0.4 is 0 Å². The maximum Gasteiger partial charge on any atom is 0.0459 e. The van der Waals surface area contributed by atoms with Crippen LogP contribution in [0, 0.1) is 5.92 Å². The van der Waals surface area contributed by atoms with Crippen molar-refractivity contribution in [2.75, 3.05) is 18.1 Å². The monoisotopic (exact) mass is 146 g/mol. The molecule has 1 aliphatic rings. The number of thioether (sulfide) groups is 1. The molecule has 0 saturated carbocycles. The molecule has 9 heavy (non-hydrogen) atoms. The van der Waals surface area contributed by atoms with Crippen molar-refractivity contribution in [1.82, 2.24) is 0 Å². The van der Waals surface area contributed by atoms with E-state index in [-0.39, 0.29) is 0 Å². The summed E-state index contributed by atoms with van der Waals surface area (Å²) in [6, 6.07) is 0. The third-order valence-corrected chi connectivity index (χ3v) is 2.93. The van der Waals surface area contributed by atoms with Crippen LogP contribution in [0.25, 0.3) is 0 Å². The van der Waals surface area contributed by atoms with Crippen LogP contribution in [0.15, 0.2) is 0 Å². The van der Waals surface area contributed by atoms with Crippen LogP contribution in [0.1, 0.15) is 19.3 Å². The maximum atomic E-state index is 8.81. The Morgan fingerprint density at radius 1 is 1.33 bits per heavy atom. The quantitative estimate of drug-likeness (QED) is 0.605. The first kappa shape index (κ1) is 7.42. The summed E-state index contributed by atoms with van der Waals surface area (Å²) in [6.45, 7) is 0.403. The molecule has 0 bridgehead atoms. The molecular formula is C7H14OS. The number of aliphatic hydroxyl groups is 1. The van der Waals surface area contributed by atoms with Gasteiger partial charge in [0.1, 0.15) is 0 Å². The van der Waals surface area contributed by atoms with E-state index in [4.69, 9.17) is 5.11 Å². The summed E-state index contributed by atoms with van der Waals surface area (Å²) in [7, 11) is 0. The van der Waals surface area contributed by atoms with Crippen molar-refractivity contribution in [1.29, 1.82) is 0 Å². The van der Waals surface area contributed by atoms with E-state index in [0.29, 0.717) is 12.5 Å². The summed E-state index contributed by atoms with van der Waals surface area (Å²) in [4.78, 5) is 0. The first-order chi connectivity index (χ1) is 4.43. The van der Waals surface area contributed by atoms with Gasteiger partial charge in [0.15, 0.2) is 0 Å². The highest BCUT2D eigenvalue weighted by atomic mass is 32.2. The van der Waals surface area contributed by atoms with Gasteiger partial charge in [0, 0.05) is 6.61 Å². The lowest BCUT2D eigenvalue weighted by Gasteiger charge is -2.07. The Balaban J connectivity index is 2.18. The van der Waals surface area contributed by atoms with Crippen LogP contribution in [-0.4, -0.2) is 23.2 Å². The largest absolute Gasteiger partial charge is 0.396 e. The van der Waals surface area contributed by atoms with Crippen LogP contribution in [-0.2, 0) is 0 Å². The minimum absolute atomic E-state index is 0.403. The second kappa shape index (κ2) is 4.18. The van der Waals surface area contributed by atoms with Crippen LogP contribution in [0.3, 0.4) is 0 Å². The molecule has 1 N–H and O–H groups in total. The highest BCUT2D eigenvalue weighted by Crippen LogP contribution is 2.20. The van der Waals surface area contributed by atoms with E-state index < -0.39 is 0 Å². The Kier molecular flexibility index (Phi) is 3.44. The Labute approximate surface area is 60.8 Å². The summed E-state index contributed by atoms with van der Waals surface area (Å²) >= 11 is 2.02. The number of hydrogen-bond acceptors (Lipinski definition) is 2. The van der Waals surface area contributed by atoms with Crippen LogP contribution in [0.2, 0.25) is 0 Å². The summed E-state index contributed by atoms with van der Waals surface area (Å²) in [5.74, 6) is 3.17. The Bertz CT molecular complexity index is 67.3. The van der Waals surface area contributed by atoms with Gasteiger partial charge < -0.3 is 5.11 Å². The van der Waals surface area contributed by atoms with Gasteiger partial charge in [-0.1, -0.05) is 0 Å². The van der Waals surface area contributed by atoms with Gasteiger partial charge in [-0.25, -0.2) is 0 Å². The summed E-state index contributed by atoms with van der Waals surface area (Å²) in [5, 5.41) is 8.81. The van der Waals surface area contributed by atoms with Gasteiger partial charge in [-0.15, -0.1) is 0 Å². The first-order valence-corrected chi connectivity index (χ1v) is 4.77. The summed E-state index contributed by atoms with van der Waals surface area (Å²) in [5.41, 5.74) is 0. The first-order valence-electron chi connectivity index (χ1n) is 3.62. The second-order valence-corrected chi connectivity index (χ2v) is 3.82. The molecule has 0 amide bonds. The predicted octanol–water partition coefficient (Wildman–Crippen LogP) is 1.51. The minimum Gasteiger partial charge on any atom is -0.396 e. The molecule has 0 spiro atoms. The van der Waals surface area contributed by atoms with E-state index in [2.05, 4.69) is 0 Å². The van der Waals surface area contributed by atoms with Crippen molar-refractivity contribution in [3.05, 3.63) is 0 Å². The van der Waals surface area contributed by atoms with E-state index in [1.165, 1.54) is 30.8 Å². The molecule has 0 aromatic rings. The van der Waals surface area contributed by atoms with Crippen molar-refractivity contribution in [2.24, 2.45) is 5.92 Å². The lowest BCUT2D eigenvalue weighted by molar-refractivity contribution is 0.216. The second-order valence-electron chi connectivity index (χ2n) is 2.59. The average molecular weight is 146 g/mol. The van der Waals surface area contributed by atoms with E-state index in [1.54, 1.807) is 0 Å². The zero-order chi connectivity index (χ0) is 6.53. The molecule has 1 saturated heterocycles. The van der Waals surface area contributed by atoms with Crippen molar-refractivity contribution in [3.63, 3.8) is 0 Å². The lowest BCUT2D eigenvalue weighted by atomic mass is 10.0. The molecule has 0 aromatic heterocycles. The smallest absolute Gasteiger partial charge is 0.0459 e. The SMILES string of the molecule is OCC1CCCSCC1. The van der Waals surface area contributed by atoms with Crippen LogP contribution in [0.5, 0.6) is 0 Å². The number of aliphatic hydroxyl groups excluding tert-OH is 1. The Morgan fingerprint density at radius 3 is 3.00 bits per heavy atom. The third kappa shape index (κ3) is 2.59. The molecular weight excluding hydrogens is 132 g/mol. The highest BCUT2D eigenvalue weighted by Gasteiger charge is 2.09. The fourth-order valence-electron chi connectivity index (χ4n) is 1.15. The molecule has 1 rings (SSSR count). The molecule has 1 unspecified atom stereocenters. The number of rotatable bonds is 1. The zero-order valence-electron chi connectivity index (χ0n) is 5.68. The number of hydrogen-bond donors (Lipinski definition) is 1. The van der Waals surface area contributed by atoms with E-state index >= 15 is 0 Å². The zero-order valence-corrected chi connectivity index (χ0v) is 6.49. The Morgan fingerprint density at radius 2 is 2.22 bits per heavy atom. The molecule has 1 heterocycles. The minimum atomic E-state index is 0.403. The topological polar surface area (TPSA) is 20.2 Å². The predicted molar refractivity (Wildman–Crippen MR) is 41.8 cm³/mol. The summed E-state index contributed by atoms with van der Waals surface area (Å²) < 4.78 is 0. The molecule has 1 atom stereocenters. The fraction of sp³-hybridized carbons (Fsp3) is 1.00.